The first-order chi connectivity index (χ1) is 63.0. The van der Waals surface area contributed by atoms with E-state index in [4.69, 9.17) is 40.0 Å². The summed E-state index contributed by atoms with van der Waals surface area (Å²) in [5.74, 6) is 6.09. The molecule has 8 aromatic carbocycles. The number of nitrogens with zero attached hydrogens (tertiary/aromatic N) is 8. The summed E-state index contributed by atoms with van der Waals surface area (Å²) in [4.78, 5) is 18.3. The highest BCUT2D eigenvalue weighted by Crippen LogP contribution is 2.47. The number of guanidine groups is 4. The molecule has 718 valence electrons. The Labute approximate surface area is 813 Å². The average molecular weight is 2010 g/mol. The van der Waals surface area contributed by atoms with Gasteiger partial charge in [-0.25, -0.2) is 20.0 Å². The normalized spacial score (nSPS) is 17.5. The zero-order chi connectivity index (χ0) is 100. The fourth-order valence-corrected chi connectivity index (χ4v) is 12.6. The zero-order valence-corrected chi connectivity index (χ0v) is 90.5. The van der Waals surface area contributed by atoms with Gasteiger partial charge in [0.25, 0.3) is 0 Å². The molecule has 0 fully saturated rings. The number of rotatable bonds is 12. The third-order valence-electron chi connectivity index (χ3n) is 19.8. The quantitative estimate of drug-likeness (QED) is 0.0186. The maximum atomic E-state index is 9.12. The van der Waals surface area contributed by atoms with Crippen LogP contribution in [0.2, 0.25) is 0 Å². The number of nitrogens with one attached hydrogen (secondary N) is 8. The van der Waals surface area contributed by atoms with Gasteiger partial charge in [-0.15, -0.1) is 0 Å². The summed E-state index contributed by atoms with van der Waals surface area (Å²) < 4.78 is 24.7. The Balaban J connectivity index is -0.000000491. The molecular weight excluding hydrogens is 1840 g/mol. The summed E-state index contributed by atoms with van der Waals surface area (Å²) in [5.41, 5.74) is 7.34. The molecule has 0 bridgehead atoms. The van der Waals surface area contributed by atoms with Gasteiger partial charge < -0.3 is 40.2 Å². The van der Waals surface area contributed by atoms with Crippen molar-refractivity contribution in [3.8, 4) is 47.8 Å². The lowest BCUT2D eigenvalue weighted by Gasteiger charge is -2.43. The average Bonchev–Trinajstić information content (AvgIpc) is 0.787. The summed E-state index contributed by atoms with van der Waals surface area (Å²) in [5, 5.41) is 60.9. The Morgan fingerprint density at radius 1 is 0.254 bits per heavy atom. The van der Waals surface area contributed by atoms with E-state index in [-0.39, 0.29) is 70.2 Å². The van der Waals surface area contributed by atoms with Crippen molar-refractivity contribution >= 4 is 61.1 Å². The number of aliphatic imine (C=N–C) groups is 4. The summed E-state index contributed by atoms with van der Waals surface area (Å²) >= 11 is 4.24. The van der Waals surface area contributed by atoms with E-state index in [9.17, 15) is 0 Å². The second kappa shape index (κ2) is 77.2. The van der Waals surface area contributed by atoms with E-state index in [2.05, 4.69) is 207 Å². The number of hydrogen-bond acceptors (Lipinski definition) is 12. The molecule has 8 atom stereocenters. The largest absolute Gasteiger partial charge is 0.487 e. The number of fused-ring (bicyclic) bond motifs is 4. The Bertz CT molecular complexity index is 3880. The van der Waals surface area contributed by atoms with E-state index in [0.29, 0.717) is 50.0 Å². The summed E-state index contributed by atoms with van der Waals surface area (Å²) in [7, 11) is 0. The Hall–Kier alpha value is -10.5. The van der Waals surface area contributed by atoms with Gasteiger partial charge in [0.15, 0.2) is 24.8 Å². The molecule has 8 aromatic rings. The number of hydrogen-bond donors (Lipinski definition) is 8. The zero-order valence-electron chi connectivity index (χ0n) is 86.2. The van der Waals surface area contributed by atoms with Crippen molar-refractivity contribution in [2.75, 3.05) is 0 Å². The maximum Gasteiger partial charge on any atom is 0.205 e. The minimum absolute atomic E-state index is 0.00896. The highest BCUT2D eigenvalue weighted by molar-refractivity contribution is 15.0. The van der Waals surface area contributed by atoms with E-state index >= 15 is 0 Å². The van der Waals surface area contributed by atoms with Gasteiger partial charge in [-0.3, -0.25) is 21.3 Å². The topological polar surface area (TPSA) is 278 Å². The van der Waals surface area contributed by atoms with Crippen molar-refractivity contribution in [2.24, 2.45) is 43.6 Å². The lowest BCUT2D eigenvalue weighted by Crippen LogP contribution is -2.50. The first-order valence-corrected chi connectivity index (χ1v) is 53.6. The summed E-state index contributed by atoms with van der Waals surface area (Å²) in [6.45, 7) is 75.3. The molecule has 0 radical (unpaired) electrons. The molecule has 4 heterocycles. The van der Waals surface area contributed by atoms with Gasteiger partial charge in [0, 0.05) is 83.2 Å². The molecule has 0 amide bonds. The van der Waals surface area contributed by atoms with Crippen LogP contribution in [0, 0.1) is 69.5 Å². The van der Waals surface area contributed by atoms with Crippen LogP contribution < -0.4 is 61.5 Å². The van der Waals surface area contributed by atoms with Crippen LogP contribution in [-0.2, 0) is 26.2 Å². The smallest absolute Gasteiger partial charge is 0.205 e. The first kappa shape index (κ1) is 128. The Kier molecular flexibility index (Phi) is 76.0. The van der Waals surface area contributed by atoms with Crippen LogP contribution in [0.4, 0.5) is 0 Å². The van der Waals surface area contributed by atoms with Crippen LogP contribution in [0.5, 0.6) is 23.0 Å². The minimum Gasteiger partial charge on any atom is -0.487 e. The molecule has 0 aliphatic carbocycles. The van der Waals surface area contributed by atoms with Crippen LogP contribution in [0.25, 0.3) is 0 Å². The van der Waals surface area contributed by atoms with Crippen molar-refractivity contribution < 1.29 is 18.9 Å². The molecule has 4 aliphatic rings. The van der Waals surface area contributed by atoms with Crippen LogP contribution in [0.15, 0.2) is 238 Å². The fraction of sp³-hybridized carbons (Fsp3) is 0.481. The monoisotopic (exact) mass is 2010 g/mol. The predicted octanol–water partition coefficient (Wildman–Crippen LogP) is 29.1. The van der Waals surface area contributed by atoms with Gasteiger partial charge >= 0.3 is 0 Å². The van der Waals surface area contributed by atoms with Crippen LogP contribution in [0.3, 0.4) is 0 Å². The van der Waals surface area contributed by atoms with Gasteiger partial charge in [0.1, 0.15) is 45.4 Å². The van der Waals surface area contributed by atoms with E-state index < -0.39 is 0 Å². The van der Waals surface area contributed by atoms with E-state index in [1.54, 1.807) is 0 Å². The van der Waals surface area contributed by atoms with Crippen LogP contribution in [0.1, 0.15) is 318 Å². The molecule has 130 heavy (non-hydrogen) atoms. The molecule has 0 spiro atoms. The molecule has 4 aliphatic heterocycles. The summed E-state index contributed by atoms with van der Waals surface area (Å²) in [6.07, 6.45) is 7.91. The lowest BCUT2D eigenvalue weighted by molar-refractivity contribution is 0.0155. The van der Waals surface area contributed by atoms with Gasteiger partial charge in [0.05, 0.1) is 50.3 Å². The molecular formula is C108H168I2N16O4. The second-order valence-electron chi connectivity index (χ2n) is 28.2. The third kappa shape index (κ3) is 44.4. The van der Waals surface area contributed by atoms with Crippen molar-refractivity contribution in [1.82, 2.24) is 42.5 Å². The Morgan fingerprint density at radius 2 is 0.392 bits per heavy atom. The van der Waals surface area contributed by atoms with Gasteiger partial charge in [-0.2, -0.15) is 21.0 Å². The van der Waals surface area contributed by atoms with Crippen LogP contribution >= 0.6 is 37.2 Å². The fourth-order valence-electron chi connectivity index (χ4n) is 12.6. The highest BCUT2D eigenvalue weighted by atomic mass is 128. The molecule has 4 unspecified atom stereocenters. The van der Waals surface area contributed by atoms with E-state index in [1.807, 2.05) is 385 Å². The van der Waals surface area contributed by atoms with E-state index in [0.717, 1.165) is 67.5 Å². The van der Waals surface area contributed by atoms with Crippen molar-refractivity contribution in [1.29, 1.82) is 21.0 Å². The molecule has 12 rings (SSSR count). The molecule has 0 aromatic heterocycles. The van der Waals surface area contributed by atoms with Crippen molar-refractivity contribution in [2.45, 2.75) is 322 Å². The molecule has 20 nitrogen and oxygen atoms in total. The number of nitriles is 4. The van der Waals surface area contributed by atoms with E-state index in [1.165, 1.54) is 0 Å². The second-order valence-corrected chi connectivity index (χ2v) is 28.2. The first-order valence-electron chi connectivity index (χ1n) is 47.3. The highest BCUT2D eigenvalue weighted by Gasteiger charge is 2.45. The number of para-hydroxylation sites is 4. The number of benzene rings is 8. The molecule has 0 saturated heterocycles. The molecule has 0 saturated carbocycles. The van der Waals surface area contributed by atoms with Crippen LogP contribution in [-0.4, -0.2) is 46.2 Å². The standard InChI is InChI=1S/4C21H24N4O.12C2H6.I2/c4*1-15-19(17-11-7-8-12-18(17)26-21(15,2)3)25-20(24-14-22)23-13-16-9-5-4-6-10-16;13*1-2/h4*4-12,15,19H,13H2,1-3H3,(H2,23,24,25);12*1-2H3;/t4*15-,19?;;;;;;;;;;;;;/m1100............./s1. The van der Waals surface area contributed by atoms with Gasteiger partial charge in [-0.05, 0) is 102 Å². The van der Waals surface area contributed by atoms with Crippen molar-refractivity contribution in [3.63, 3.8) is 0 Å². The summed E-state index contributed by atoms with van der Waals surface area (Å²) in [6, 6.07) is 71.9. The third-order valence-corrected chi connectivity index (χ3v) is 19.8. The molecule has 22 heteroatoms. The predicted molar refractivity (Wildman–Crippen MR) is 574 cm³/mol. The minimum atomic E-state index is -0.330. The van der Waals surface area contributed by atoms with Gasteiger partial charge in [-0.1, -0.05) is 388 Å². The number of halogens is 2. The SMILES string of the molecule is CC.CC.CC.CC.CC.CC.CC.CC.CC.CC.CC.CC.C[C@@H]1C(NC(=NCc2ccccc2)NC#N)c2ccccc2OC1(C)C.C[C@@H]1C(NC(=NCc2ccccc2)NC#N)c2ccccc2OC1(C)C.C[C@H]1C(NC(=NCc2ccccc2)NC#N)c2ccccc2OC1(C)C.C[C@H]1C(NC(=NCc2ccccc2)NC#N)c2ccccc2OC1(C)C.II. The number of ether oxygens (including phenoxy) is 4. The lowest BCUT2D eigenvalue weighted by atomic mass is 9.80. The van der Waals surface area contributed by atoms with Crippen molar-refractivity contribution in [3.05, 3.63) is 263 Å². The Morgan fingerprint density at radius 3 is 0.538 bits per heavy atom. The maximum absolute atomic E-state index is 9.12. The molecule has 8 N–H and O–H groups in total. The van der Waals surface area contributed by atoms with Gasteiger partial charge in [0.2, 0.25) is 23.8 Å².